The first kappa shape index (κ1) is 15.5. The summed E-state index contributed by atoms with van der Waals surface area (Å²) in [6.07, 6.45) is 5.49. The van der Waals surface area contributed by atoms with Gasteiger partial charge in [-0.1, -0.05) is 35.6 Å². The van der Waals surface area contributed by atoms with Crippen molar-refractivity contribution in [2.45, 2.75) is 13.5 Å². The molecule has 1 N–H and O–H groups in total. The first-order valence-electron chi connectivity index (χ1n) is 8.00. The summed E-state index contributed by atoms with van der Waals surface area (Å²) in [6, 6.07) is 13.6. The normalized spacial score (nSPS) is 15.1. The number of pyridine rings is 1. The van der Waals surface area contributed by atoms with E-state index in [-0.39, 0.29) is 5.88 Å². The van der Waals surface area contributed by atoms with Crippen LogP contribution in [0, 0.1) is 0 Å². The van der Waals surface area contributed by atoms with E-state index in [1.165, 1.54) is 11.3 Å². The molecule has 0 unspecified atom stereocenters. The zero-order valence-corrected chi connectivity index (χ0v) is 14.4. The Morgan fingerprint density at radius 3 is 2.84 bits per heavy atom. The molecule has 0 aliphatic carbocycles. The van der Waals surface area contributed by atoms with Crippen LogP contribution >= 0.6 is 11.3 Å². The molecule has 2 aromatic heterocycles. The molecule has 0 amide bonds. The predicted octanol–water partition coefficient (Wildman–Crippen LogP) is 4.16. The van der Waals surface area contributed by atoms with E-state index in [0.29, 0.717) is 17.2 Å². The van der Waals surface area contributed by atoms with E-state index in [1.54, 1.807) is 10.8 Å². The number of rotatable bonds is 3. The molecule has 124 valence electrons. The van der Waals surface area contributed by atoms with Gasteiger partial charge in [-0.25, -0.2) is 9.98 Å². The van der Waals surface area contributed by atoms with E-state index in [9.17, 15) is 5.11 Å². The van der Waals surface area contributed by atoms with Crippen molar-refractivity contribution in [3.05, 3.63) is 63.9 Å². The van der Waals surface area contributed by atoms with Gasteiger partial charge in [-0.15, -0.1) is 0 Å². The lowest BCUT2D eigenvalue weighted by Gasteiger charge is -2.00. The van der Waals surface area contributed by atoms with Crippen molar-refractivity contribution < 1.29 is 5.11 Å². The molecule has 0 saturated carbocycles. The minimum Gasteiger partial charge on any atom is -0.493 e. The summed E-state index contributed by atoms with van der Waals surface area (Å²) in [5.41, 5.74) is 3.01. The molecule has 25 heavy (non-hydrogen) atoms. The van der Waals surface area contributed by atoms with Crippen LogP contribution in [0.4, 0.5) is 11.5 Å². The largest absolute Gasteiger partial charge is 0.493 e. The lowest BCUT2D eigenvalue weighted by molar-refractivity contribution is 0.416. The van der Waals surface area contributed by atoms with Crippen LogP contribution < -0.4 is 4.80 Å². The molecule has 1 aliphatic rings. The second-order valence-electron chi connectivity index (χ2n) is 5.49. The van der Waals surface area contributed by atoms with Crippen LogP contribution in [0.3, 0.4) is 0 Å². The van der Waals surface area contributed by atoms with Crippen LogP contribution in [0.15, 0.2) is 58.6 Å². The number of aromatic hydroxyl groups is 1. The molecule has 0 bridgehead atoms. The first-order chi connectivity index (χ1) is 12.3. The summed E-state index contributed by atoms with van der Waals surface area (Å²) in [5, 5.41) is 10.6. The molecule has 3 aromatic rings. The average molecular weight is 348 g/mol. The lowest BCUT2D eigenvalue weighted by atomic mass is 10.1. The molecule has 0 spiro atoms. The van der Waals surface area contributed by atoms with Crippen molar-refractivity contribution in [2.24, 2.45) is 9.98 Å². The third-order valence-electron chi connectivity index (χ3n) is 3.93. The van der Waals surface area contributed by atoms with E-state index in [1.807, 2.05) is 61.7 Å². The fraction of sp³-hybridized carbons (Fsp3) is 0.105. The van der Waals surface area contributed by atoms with Crippen molar-refractivity contribution in [2.75, 3.05) is 0 Å². The van der Waals surface area contributed by atoms with E-state index in [4.69, 9.17) is 0 Å². The number of fused-ring (bicyclic) bond motifs is 1. The summed E-state index contributed by atoms with van der Waals surface area (Å²) in [4.78, 5) is 14.7. The number of para-hydroxylation sites is 1. The van der Waals surface area contributed by atoms with E-state index in [0.717, 1.165) is 21.7 Å². The summed E-state index contributed by atoms with van der Waals surface area (Å²) >= 11 is 1.44. The Hall–Kier alpha value is -2.99. The van der Waals surface area contributed by atoms with Gasteiger partial charge in [-0.3, -0.25) is 9.56 Å². The fourth-order valence-corrected chi connectivity index (χ4v) is 3.75. The predicted molar refractivity (Wildman–Crippen MR) is 102 cm³/mol. The average Bonchev–Trinajstić information content (AvgIpc) is 3.18. The molecule has 0 fully saturated rings. The topological polar surface area (TPSA) is 62.8 Å². The van der Waals surface area contributed by atoms with Crippen LogP contribution in [0.5, 0.6) is 5.88 Å². The lowest BCUT2D eigenvalue weighted by Crippen LogP contribution is -2.12. The smallest absolute Gasteiger partial charge is 0.211 e. The molecule has 0 radical (unpaired) electrons. The third-order valence-corrected chi connectivity index (χ3v) is 4.94. The van der Waals surface area contributed by atoms with Crippen LogP contribution in [0.1, 0.15) is 17.4 Å². The number of aliphatic imine (C=N–C) groups is 1. The maximum Gasteiger partial charge on any atom is 0.211 e. The quantitative estimate of drug-likeness (QED) is 0.772. The molecule has 0 saturated heterocycles. The third kappa shape index (κ3) is 2.92. The maximum absolute atomic E-state index is 10.6. The number of benzene rings is 1. The van der Waals surface area contributed by atoms with Gasteiger partial charge in [0.1, 0.15) is 0 Å². The van der Waals surface area contributed by atoms with Crippen molar-refractivity contribution in [3.63, 3.8) is 0 Å². The minimum absolute atomic E-state index is 0.215. The van der Waals surface area contributed by atoms with E-state index >= 15 is 0 Å². The number of allylic oxidation sites excluding steroid dienone is 1. The van der Waals surface area contributed by atoms with Gasteiger partial charge in [0.2, 0.25) is 5.88 Å². The van der Waals surface area contributed by atoms with Gasteiger partial charge in [0, 0.05) is 30.1 Å². The SMILES string of the molecule is CCn1c(O)c(/C=C2\C=Nc3ccccc32)s/c1=N/c1ccccn1. The maximum atomic E-state index is 10.6. The van der Waals surface area contributed by atoms with Crippen LogP contribution in [0.25, 0.3) is 11.6 Å². The van der Waals surface area contributed by atoms with Crippen molar-refractivity contribution in [3.8, 4) is 5.88 Å². The molecule has 3 heterocycles. The Bertz CT molecular complexity index is 1040. The van der Waals surface area contributed by atoms with Gasteiger partial charge >= 0.3 is 0 Å². The zero-order valence-electron chi connectivity index (χ0n) is 13.6. The number of nitrogens with zero attached hydrogens (tertiary/aromatic N) is 4. The Kier molecular flexibility index (Phi) is 4.03. The fourth-order valence-electron chi connectivity index (χ4n) is 2.70. The Morgan fingerprint density at radius 2 is 2.04 bits per heavy atom. The summed E-state index contributed by atoms with van der Waals surface area (Å²) < 4.78 is 1.78. The molecular formula is C19H16N4OS. The zero-order chi connectivity index (χ0) is 17.2. The van der Waals surface area contributed by atoms with Crippen LogP contribution in [0.2, 0.25) is 0 Å². The summed E-state index contributed by atoms with van der Waals surface area (Å²) in [7, 11) is 0. The van der Waals surface area contributed by atoms with Gasteiger partial charge in [-0.05, 0) is 31.2 Å². The van der Waals surface area contributed by atoms with Crippen molar-refractivity contribution in [1.82, 2.24) is 9.55 Å². The van der Waals surface area contributed by atoms with Crippen molar-refractivity contribution in [1.29, 1.82) is 0 Å². The van der Waals surface area contributed by atoms with E-state index < -0.39 is 0 Å². The number of hydrogen-bond donors (Lipinski definition) is 1. The van der Waals surface area contributed by atoms with Gasteiger partial charge in [0.25, 0.3) is 0 Å². The first-order valence-corrected chi connectivity index (χ1v) is 8.81. The Morgan fingerprint density at radius 1 is 1.20 bits per heavy atom. The highest BCUT2D eigenvalue weighted by atomic mass is 32.1. The summed E-state index contributed by atoms with van der Waals surface area (Å²) in [5.74, 6) is 0.838. The molecule has 1 aromatic carbocycles. The van der Waals surface area contributed by atoms with Gasteiger partial charge < -0.3 is 5.11 Å². The van der Waals surface area contributed by atoms with E-state index in [2.05, 4.69) is 15.0 Å². The van der Waals surface area contributed by atoms with Crippen molar-refractivity contribution >= 4 is 40.7 Å². The number of hydrogen-bond acceptors (Lipinski definition) is 5. The van der Waals surface area contributed by atoms with Gasteiger partial charge in [0.15, 0.2) is 10.6 Å². The second kappa shape index (κ2) is 6.49. The molecule has 4 rings (SSSR count). The highest BCUT2D eigenvalue weighted by molar-refractivity contribution is 7.10. The molecule has 0 atom stereocenters. The Balaban J connectivity index is 1.82. The number of thiazole rings is 1. The molecule has 5 nitrogen and oxygen atoms in total. The molecule has 1 aliphatic heterocycles. The van der Waals surface area contributed by atoms with Crippen LogP contribution in [-0.4, -0.2) is 20.9 Å². The Labute approximate surface area is 149 Å². The monoisotopic (exact) mass is 348 g/mol. The minimum atomic E-state index is 0.215. The summed E-state index contributed by atoms with van der Waals surface area (Å²) in [6.45, 7) is 2.61. The van der Waals surface area contributed by atoms with Gasteiger partial charge in [-0.2, -0.15) is 0 Å². The highest BCUT2D eigenvalue weighted by Crippen LogP contribution is 2.34. The highest BCUT2D eigenvalue weighted by Gasteiger charge is 2.15. The standard InChI is InChI=1S/C19H16N4OS/c1-2-23-18(24)16(25-19(23)22-17-9-5-6-10-20-17)11-13-12-21-15-8-4-3-7-14(13)15/h3-12,24H,2H2,1H3/b13-11+,22-19+. The van der Waals surface area contributed by atoms with Crippen LogP contribution in [-0.2, 0) is 6.54 Å². The molecular weight excluding hydrogens is 332 g/mol. The molecule has 6 heteroatoms. The number of aromatic nitrogens is 2. The van der Waals surface area contributed by atoms with Gasteiger partial charge in [0.05, 0.1) is 10.6 Å². The second-order valence-corrected chi connectivity index (χ2v) is 6.50.